The number of benzene rings is 1. The summed E-state index contributed by atoms with van der Waals surface area (Å²) >= 11 is 1.38. The Morgan fingerprint density at radius 1 is 1.32 bits per heavy atom. The molecule has 2 aliphatic rings. The number of hydrogen-bond acceptors (Lipinski definition) is 6. The Hall–Kier alpha value is -2.10. The number of hydrazine groups is 1. The summed E-state index contributed by atoms with van der Waals surface area (Å²) in [6.45, 7) is 3.57. The minimum atomic E-state index is -1.04. The first-order valence-corrected chi connectivity index (χ1v) is 8.70. The standard InChI is InChI=1S/C16H20N4O4S/c1-16(2)11(15(23)24)20-13(22)10(14(20)25-16)18-12(21)9(19-17)8-6-4-3-5-7-8/h3-7,9-11,14,19H,17H2,1-2H3,(H,18,21)(H,23,24)/t9?,10-,11+,14-/m1/s1. The first-order valence-electron chi connectivity index (χ1n) is 7.82. The van der Waals surface area contributed by atoms with E-state index in [4.69, 9.17) is 5.84 Å². The van der Waals surface area contributed by atoms with Crippen molar-refractivity contribution >= 4 is 29.5 Å². The van der Waals surface area contributed by atoms with Crippen molar-refractivity contribution in [3.63, 3.8) is 0 Å². The highest BCUT2D eigenvalue weighted by Gasteiger charge is 2.64. The van der Waals surface area contributed by atoms with Gasteiger partial charge in [-0.3, -0.25) is 15.4 Å². The van der Waals surface area contributed by atoms with Crippen LogP contribution in [0.2, 0.25) is 0 Å². The van der Waals surface area contributed by atoms with Crippen molar-refractivity contribution in [3.05, 3.63) is 35.9 Å². The normalized spacial score (nSPS) is 28.0. The summed E-state index contributed by atoms with van der Waals surface area (Å²) in [4.78, 5) is 37.8. The summed E-state index contributed by atoms with van der Waals surface area (Å²) in [6, 6.07) is 6.47. The zero-order valence-electron chi connectivity index (χ0n) is 13.8. The Morgan fingerprint density at radius 3 is 2.52 bits per heavy atom. The molecule has 0 radical (unpaired) electrons. The van der Waals surface area contributed by atoms with Crippen LogP contribution >= 0.6 is 11.8 Å². The van der Waals surface area contributed by atoms with Gasteiger partial charge in [-0.2, -0.15) is 0 Å². The van der Waals surface area contributed by atoms with Crippen LogP contribution in [0.25, 0.3) is 0 Å². The zero-order chi connectivity index (χ0) is 18.4. The number of thioether (sulfide) groups is 1. The molecule has 2 amide bonds. The van der Waals surface area contributed by atoms with Gasteiger partial charge in [0.1, 0.15) is 23.5 Å². The lowest BCUT2D eigenvalue weighted by Crippen LogP contribution is -2.71. The number of fused-ring (bicyclic) bond motifs is 1. The molecule has 2 heterocycles. The predicted molar refractivity (Wildman–Crippen MR) is 92.2 cm³/mol. The third-order valence-electron chi connectivity index (χ3n) is 4.53. The van der Waals surface area contributed by atoms with E-state index in [9.17, 15) is 19.5 Å². The second kappa shape index (κ2) is 6.32. The minimum absolute atomic E-state index is 0.382. The molecule has 4 atom stereocenters. The van der Waals surface area contributed by atoms with Crippen molar-refractivity contribution in [1.82, 2.24) is 15.6 Å². The van der Waals surface area contributed by atoms with Crippen LogP contribution in [0.1, 0.15) is 25.5 Å². The van der Waals surface area contributed by atoms with Crippen molar-refractivity contribution in [2.75, 3.05) is 0 Å². The van der Waals surface area contributed by atoms with Crippen molar-refractivity contribution < 1.29 is 19.5 Å². The van der Waals surface area contributed by atoms with Gasteiger partial charge in [0, 0.05) is 4.75 Å². The number of rotatable bonds is 5. The summed E-state index contributed by atoms with van der Waals surface area (Å²) in [6.07, 6.45) is 0. The molecule has 8 nitrogen and oxygen atoms in total. The monoisotopic (exact) mass is 364 g/mol. The van der Waals surface area contributed by atoms with Gasteiger partial charge >= 0.3 is 5.97 Å². The highest BCUT2D eigenvalue weighted by atomic mass is 32.2. The number of aliphatic carboxylic acids is 1. The quantitative estimate of drug-likeness (QED) is 0.325. The molecular weight excluding hydrogens is 344 g/mol. The van der Waals surface area contributed by atoms with Crippen LogP contribution in [-0.2, 0) is 14.4 Å². The van der Waals surface area contributed by atoms with Gasteiger partial charge in [-0.05, 0) is 19.4 Å². The van der Waals surface area contributed by atoms with Crippen LogP contribution in [0.15, 0.2) is 30.3 Å². The van der Waals surface area contributed by atoms with E-state index in [-0.39, 0.29) is 11.3 Å². The van der Waals surface area contributed by atoms with Gasteiger partial charge in [0.15, 0.2) is 0 Å². The second-order valence-corrected chi connectivity index (χ2v) is 8.37. The molecule has 0 spiro atoms. The van der Waals surface area contributed by atoms with E-state index in [0.717, 1.165) is 0 Å². The van der Waals surface area contributed by atoms with Crippen LogP contribution in [-0.4, -0.2) is 50.0 Å². The van der Waals surface area contributed by atoms with Crippen LogP contribution in [0.5, 0.6) is 0 Å². The Labute approximate surface area is 149 Å². The fourth-order valence-corrected chi connectivity index (χ4v) is 4.98. The number of carboxylic acids is 1. The summed E-state index contributed by atoms with van der Waals surface area (Å²) in [5.74, 6) is 3.65. The number of carboxylic acid groups (broad SMARTS) is 1. The summed E-state index contributed by atoms with van der Waals surface area (Å²) < 4.78 is -0.628. The minimum Gasteiger partial charge on any atom is -0.480 e. The number of nitrogens with zero attached hydrogens (tertiary/aromatic N) is 1. The molecular formula is C16H20N4O4S. The average molecular weight is 364 g/mol. The number of β-lactam (4-membered cyclic amide) rings is 1. The Balaban J connectivity index is 1.74. The van der Waals surface area contributed by atoms with E-state index in [1.165, 1.54) is 16.7 Å². The van der Waals surface area contributed by atoms with Crippen molar-refractivity contribution in [2.24, 2.45) is 5.84 Å². The highest BCUT2D eigenvalue weighted by molar-refractivity contribution is 8.01. The lowest BCUT2D eigenvalue weighted by Gasteiger charge is -2.43. The summed E-state index contributed by atoms with van der Waals surface area (Å²) in [5.41, 5.74) is 3.13. The van der Waals surface area contributed by atoms with E-state index >= 15 is 0 Å². The Morgan fingerprint density at radius 2 is 1.96 bits per heavy atom. The van der Waals surface area contributed by atoms with E-state index in [0.29, 0.717) is 5.56 Å². The van der Waals surface area contributed by atoms with Crippen LogP contribution < -0.4 is 16.6 Å². The zero-order valence-corrected chi connectivity index (χ0v) is 14.6. The summed E-state index contributed by atoms with van der Waals surface area (Å²) in [5, 5.41) is 11.7. The molecule has 0 saturated carbocycles. The maximum Gasteiger partial charge on any atom is 0.327 e. The Bertz CT molecular complexity index is 711. The van der Waals surface area contributed by atoms with E-state index < -0.39 is 34.7 Å². The van der Waals surface area contributed by atoms with Crippen LogP contribution in [0, 0.1) is 0 Å². The third kappa shape index (κ3) is 2.88. The number of carbonyl (C=O) groups excluding carboxylic acids is 2. The maximum atomic E-state index is 12.5. The topological polar surface area (TPSA) is 125 Å². The van der Waals surface area contributed by atoms with Gasteiger partial charge in [-0.25, -0.2) is 10.2 Å². The number of carbonyl (C=O) groups is 3. The third-order valence-corrected chi connectivity index (χ3v) is 6.11. The molecule has 0 bridgehead atoms. The number of nitrogens with one attached hydrogen (secondary N) is 2. The first kappa shape index (κ1) is 17.7. The van der Waals surface area contributed by atoms with Crippen LogP contribution in [0.4, 0.5) is 0 Å². The molecule has 134 valence electrons. The number of hydrogen-bond donors (Lipinski definition) is 4. The molecule has 2 fully saturated rings. The molecule has 25 heavy (non-hydrogen) atoms. The summed E-state index contributed by atoms with van der Waals surface area (Å²) in [7, 11) is 0. The molecule has 1 aromatic rings. The van der Waals surface area contributed by atoms with Gasteiger partial charge in [0.2, 0.25) is 11.8 Å². The molecule has 9 heteroatoms. The first-order chi connectivity index (χ1) is 11.8. The van der Waals surface area contributed by atoms with Gasteiger partial charge in [-0.15, -0.1) is 11.8 Å². The molecule has 3 rings (SSSR count). The van der Waals surface area contributed by atoms with E-state index in [1.54, 1.807) is 38.1 Å². The molecule has 0 aliphatic carbocycles. The smallest absolute Gasteiger partial charge is 0.327 e. The van der Waals surface area contributed by atoms with Crippen molar-refractivity contribution in [3.8, 4) is 0 Å². The average Bonchev–Trinajstić information content (AvgIpc) is 2.82. The molecule has 2 aliphatic heterocycles. The maximum absolute atomic E-state index is 12.5. The van der Waals surface area contributed by atoms with Gasteiger partial charge < -0.3 is 15.3 Å². The highest BCUT2D eigenvalue weighted by Crippen LogP contribution is 2.50. The number of nitrogens with two attached hydrogens (primary N) is 1. The second-order valence-electron chi connectivity index (χ2n) is 6.59. The fraction of sp³-hybridized carbons (Fsp3) is 0.438. The molecule has 1 aromatic carbocycles. The lowest BCUT2D eigenvalue weighted by molar-refractivity contribution is -0.161. The molecule has 1 unspecified atom stereocenters. The van der Waals surface area contributed by atoms with Crippen molar-refractivity contribution in [2.45, 2.75) is 42.1 Å². The van der Waals surface area contributed by atoms with E-state index in [2.05, 4.69) is 10.7 Å². The van der Waals surface area contributed by atoms with Crippen LogP contribution in [0.3, 0.4) is 0 Å². The fourth-order valence-electron chi connectivity index (χ4n) is 3.35. The number of amides is 2. The van der Waals surface area contributed by atoms with Gasteiger partial charge in [0.25, 0.3) is 0 Å². The lowest BCUT2D eigenvalue weighted by atomic mass is 9.95. The largest absolute Gasteiger partial charge is 0.480 e. The molecule has 5 N–H and O–H groups in total. The van der Waals surface area contributed by atoms with Crippen molar-refractivity contribution in [1.29, 1.82) is 0 Å². The predicted octanol–water partition coefficient (Wildman–Crippen LogP) is -0.177. The Kier molecular flexibility index (Phi) is 4.48. The van der Waals surface area contributed by atoms with E-state index in [1.807, 2.05) is 6.07 Å². The van der Waals surface area contributed by atoms with Gasteiger partial charge in [0.05, 0.1) is 0 Å². The van der Waals surface area contributed by atoms with Gasteiger partial charge in [-0.1, -0.05) is 30.3 Å². The molecule has 0 aromatic heterocycles. The SMILES string of the molecule is CC1(C)S[C@@H]2[C@H](NC(=O)C(NN)c3ccccc3)C(=O)N2[C@H]1C(=O)O. The molecule has 2 saturated heterocycles.